The van der Waals surface area contributed by atoms with Gasteiger partial charge < -0.3 is 18.9 Å². The fraction of sp³-hybridized carbons (Fsp3) is 0.632. The molecule has 148 valence electrons. The molecule has 2 aliphatic rings. The highest BCUT2D eigenvalue weighted by molar-refractivity contribution is 6.62. The van der Waals surface area contributed by atoms with E-state index in [2.05, 4.69) is 0 Å². The molecule has 2 heterocycles. The zero-order chi connectivity index (χ0) is 20.1. The fourth-order valence-electron chi connectivity index (χ4n) is 3.57. The van der Waals surface area contributed by atoms with E-state index in [-0.39, 0.29) is 28.9 Å². The number of nitrogens with zero attached hydrogens (tertiary/aromatic N) is 1. The smallest absolute Gasteiger partial charge is 0.399 e. The summed E-state index contributed by atoms with van der Waals surface area (Å²) in [5.74, 6) is -2.12. The van der Waals surface area contributed by atoms with Crippen molar-refractivity contribution in [2.24, 2.45) is 0 Å². The lowest BCUT2D eigenvalue weighted by Crippen LogP contribution is -2.47. The normalized spacial score (nSPS) is 27.1. The molecule has 1 aromatic carbocycles. The van der Waals surface area contributed by atoms with Crippen molar-refractivity contribution in [3.8, 4) is 0 Å². The summed E-state index contributed by atoms with van der Waals surface area (Å²) in [5, 5.41) is 0. The first-order valence-electron chi connectivity index (χ1n) is 9.20. The minimum atomic E-state index is -1.08. The van der Waals surface area contributed by atoms with Crippen molar-refractivity contribution in [1.82, 2.24) is 0 Å². The molecule has 0 N–H and O–H groups in total. The summed E-state index contributed by atoms with van der Waals surface area (Å²) in [6, 6.07) is 1.33. The Morgan fingerprint density at radius 1 is 1.07 bits per heavy atom. The van der Waals surface area contributed by atoms with Crippen LogP contribution < -0.4 is 10.4 Å². The number of carbonyl (C=O) groups is 1. The van der Waals surface area contributed by atoms with Crippen LogP contribution in [0.4, 0.5) is 14.5 Å². The van der Waals surface area contributed by atoms with Crippen molar-refractivity contribution < 1.29 is 27.6 Å². The van der Waals surface area contributed by atoms with E-state index in [1.54, 1.807) is 4.90 Å². The highest BCUT2D eigenvalue weighted by atomic mass is 19.2. The molecule has 0 unspecified atom stereocenters. The summed E-state index contributed by atoms with van der Waals surface area (Å²) in [6.45, 7) is 11.8. The number of hydrogen-bond acceptors (Lipinski definition) is 5. The molecule has 2 atom stereocenters. The number of hydrogen-bond donors (Lipinski definition) is 0. The van der Waals surface area contributed by atoms with Crippen LogP contribution >= 0.6 is 0 Å². The number of halogens is 2. The molecule has 0 bridgehead atoms. The molecular weight excluding hydrogens is 355 g/mol. The standard InChI is InChI=1S/C19H26BF2NO4/c1-11-8-23(9-12(2)25-11)17-13(10-24)7-14(15(21)16(17)22)20-26-18(3,4)19(5,6)27-20/h7,10-12H,8-9H2,1-6H3/t11-,12+. The Bertz CT molecular complexity index is 730. The topological polar surface area (TPSA) is 48.0 Å². The molecule has 2 aliphatic heterocycles. The molecular formula is C19H26BF2NO4. The van der Waals surface area contributed by atoms with E-state index in [1.165, 1.54) is 6.07 Å². The number of anilines is 1. The summed E-state index contributed by atoms with van der Waals surface area (Å²) in [7, 11) is -1.08. The van der Waals surface area contributed by atoms with Crippen LogP contribution in [0.15, 0.2) is 6.07 Å². The Labute approximate surface area is 159 Å². The van der Waals surface area contributed by atoms with Crippen LogP contribution in [0, 0.1) is 11.6 Å². The molecule has 2 fully saturated rings. The lowest BCUT2D eigenvalue weighted by Gasteiger charge is -2.37. The summed E-state index contributed by atoms with van der Waals surface area (Å²) in [4.78, 5) is 13.4. The maximum Gasteiger partial charge on any atom is 0.497 e. The van der Waals surface area contributed by atoms with Gasteiger partial charge in [-0.1, -0.05) is 0 Å². The highest BCUT2D eigenvalue weighted by Crippen LogP contribution is 2.37. The third-order valence-electron chi connectivity index (χ3n) is 5.61. The van der Waals surface area contributed by atoms with Crippen LogP contribution in [0.3, 0.4) is 0 Å². The van der Waals surface area contributed by atoms with Gasteiger partial charge in [0.05, 0.1) is 29.1 Å². The first-order chi connectivity index (χ1) is 12.5. The zero-order valence-corrected chi connectivity index (χ0v) is 16.6. The molecule has 0 aliphatic carbocycles. The van der Waals surface area contributed by atoms with Crippen LogP contribution in [0.2, 0.25) is 0 Å². The third kappa shape index (κ3) is 3.50. The molecule has 5 nitrogen and oxygen atoms in total. The van der Waals surface area contributed by atoms with E-state index in [0.29, 0.717) is 19.4 Å². The third-order valence-corrected chi connectivity index (χ3v) is 5.61. The van der Waals surface area contributed by atoms with E-state index in [9.17, 15) is 9.18 Å². The molecule has 2 saturated heterocycles. The first kappa shape index (κ1) is 20.2. The monoisotopic (exact) mass is 381 g/mol. The van der Waals surface area contributed by atoms with Gasteiger partial charge in [0, 0.05) is 24.1 Å². The number of ether oxygens (including phenoxy) is 1. The molecule has 8 heteroatoms. The molecule has 0 radical (unpaired) electrons. The van der Waals surface area contributed by atoms with Crippen LogP contribution in [0.25, 0.3) is 0 Å². The number of morpholine rings is 1. The molecule has 1 aromatic rings. The van der Waals surface area contributed by atoms with Gasteiger partial charge in [0.1, 0.15) is 0 Å². The van der Waals surface area contributed by atoms with Gasteiger partial charge in [0.2, 0.25) is 0 Å². The van der Waals surface area contributed by atoms with Crippen molar-refractivity contribution in [2.75, 3.05) is 18.0 Å². The fourth-order valence-corrected chi connectivity index (χ4v) is 3.57. The lowest BCUT2D eigenvalue weighted by atomic mass is 9.77. The summed E-state index contributed by atoms with van der Waals surface area (Å²) < 4.78 is 47.3. The molecule has 0 amide bonds. The predicted octanol–water partition coefficient (Wildman–Crippen LogP) is 2.69. The zero-order valence-electron chi connectivity index (χ0n) is 16.6. The van der Waals surface area contributed by atoms with Gasteiger partial charge in [-0.25, -0.2) is 8.78 Å². The SMILES string of the molecule is C[C@@H]1CN(c2c(C=O)cc(B3OC(C)(C)C(C)(C)O3)c(F)c2F)C[C@H](C)O1. The van der Waals surface area contributed by atoms with Crippen molar-refractivity contribution in [1.29, 1.82) is 0 Å². The average Bonchev–Trinajstić information content (AvgIpc) is 2.76. The van der Waals surface area contributed by atoms with Gasteiger partial charge >= 0.3 is 7.12 Å². The molecule has 0 spiro atoms. The van der Waals surface area contributed by atoms with Crippen LogP contribution in [-0.4, -0.2) is 49.9 Å². The minimum Gasteiger partial charge on any atom is -0.399 e. The van der Waals surface area contributed by atoms with E-state index in [1.807, 2.05) is 41.5 Å². The molecule has 0 saturated carbocycles. The number of rotatable bonds is 3. The largest absolute Gasteiger partial charge is 0.497 e. The molecule has 3 rings (SSSR count). The van der Waals surface area contributed by atoms with Crippen molar-refractivity contribution >= 4 is 24.6 Å². The van der Waals surface area contributed by atoms with Gasteiger partial charge in [-0.05, 0) is 47.6 Å². The quantitative estimate of drug-likeness (QED) is 0.595. The number of benzene rings is 1. The first-order valence-corrected chi connectivity index (χ1v) is 9.20. The van der Waals surface area contributed by atoms with Gasteiger partial charge in [-0.2, -0.15) is 0 Å². The van der Waals surface area contributed by atoms with E-state index >= 15 is 4.39 Å². The Morgan fingerprint density at radius 3 is 2.07 bits per heavy atom. The Balaban J connectivity index is 2.03. The Hall–Kier alpha value is -1.51. The maximum absolute atomic E-state index is 15.1. The number of carbonyl (C=O) groups excluding carboxylic acids is 1. The Morgan fingerprint density at radius 2 is 1.59 bits per heavy atom. The highest BCUT2D eigenvalue weighted by Gasteiger charge is 2.53. The minimum absolute atomic E-state index is 0.0373. The summed E-state index contributed by atoms with van der Waals surface area (Å²) in [6.07, 6.45) is 0.231. The van der Waals surface area contributed by atoms with Crippen molar-refractivity contribution in [3.63, 3.8) is 0 Å². The second-order valence-corrected chi connectivity index (χ2v) is 8.40. The summed E-state index contributed by atoms with van der Waals surface area (Å²) in [5.41, 5.74) is -1.47. The van der Waals surface area contributed by atoms with E-state index in [0.717, 1.165) is 0 Å². The second kappa shape index (κ2) is 6.83. The van der Waals surface area contributed by atoms with Crippen LogP contribution in [0.1, 0.15) is 51.9 Å². The van der Waals surface area contributed by atoms with Crippen LogP contribution in [-0.2, 0) is 14.0 Å². The molecule has 27 heavy (non-hydrogen) atoms. The number of aldehydes is 1. The van der Waals surface area contributed by atoms with Gasteiger partial charge in [0.15, 0.2) is 17.9 Å². The van der Waals surface area contributed by atoms with Crippen molar-refractivity contribution in [3.05, 3.63) is 23.3 Å². The lowest BCUT2D eigenvalue weighted by molar-refractivity contribution is -0.00546. The maximum atomic E-state index is 15.1. The van der Waals surface area contributed by atoms with Gasteiger partial charge in [-0.3, -0.25) is 4.79 Å². The summed E-state index contributed by atoms with van der Waals surface area (Å²) >= 11 is 0. The van der Waals surface area contributed by atoms with E-state index in [4.69, 9.17) is 14.0 Å². The van der Waals surface area contributed by atoms with Crippen molar-refractivity contribution in [2.45, 2.75) is 65.0 Å². The van der Waals surface area contributed by atoms with Crippen LogP contribution in [0.5, 0.6) is 0 Å². The average molecular weight is 381 g/mol. The second-order valence-electron chi connectivity index (χ2n) is 8.40. The van der Waals surface area contributed by atoms with E-state index < -0.39 is 30.0 Å². The van der Waals surface area contributed by atoms with Gasteiger partial charge in [0.25, 0.3) is 0 Å². The van der Waals surface area contributed by atoms with Gasteiger partial charge in [-0.15, -0.1) is 0 Å². The predicted molar refractivity (Wildman–Crippen MR) is 99.7 cm³/mol. The molecule has 0 aromatic heterocycles. The Kier molecular flexibility index (Phi) is 5.12.